The van der Waals surface area contributed by atoms with Crippen LogP contribution in [0.5, 0.6) is 0 Å². The van der Waals surface area contributed by atoms with Crippen LogP contribution in [-0.2, 0) is 0 Å². The normalized spacial score (nSPS) is 10.2. The number of nitrogens with zero attached hydrogens (tertiary/aromatic N) is 3. The van der Waals surface area contributed by atoms with Crippen molar-refractivity contribution < 1.29 is 9.72 Å². The van der Waals surface area contributed by atoms with Gasteiger partial charge in [-0.1, -0.05) is 12.1 Å². The van der Waals surface area contributed by atoms with Gasteiger partial charge >= 0.3 is 0 Å². The van der Waals surface area contributed by atoms with E-state index in [0.29, 0.717) is 11.1 Å². The van der Waals surface area contributed by atoms with Gasteiger partial charge in [0.05, 0.1) is 28.3 Å². The van der Waals surface area contributed by atoms with Crippen LogP contribution in [0.3, 0.4) is 0 Å². The first-order chi connectivity index (χ1) is 11.0. The third kappa shape index (κ3) is 4.12. The average Bonchev–Trinajstić information content (AvgIpc) is 2.54. The molecule has 0 aromatic heterocycles. The van der Waals surface area contributed by atoms with Crippen molar-refractivity contribution in [2.75, 3.05) is 5.73 Å². The number of nitrogen functional groups attached to an aromatic ring is 1. The second-order valence-electron chi connectivity index (χ2n) is 4.50. The van der Waals surface area contributed by atoms with Gasteiger partial charge in [-0.25, -0.2) is 5.43 Å². The van der Waals surface area contributed by atoms with Crippen LogP contribution in [0.15, 0.2) is 47.6 Å². The molecule has 23 heavy (non-hydrogen) atoms. The van der Waals surface area contributed by atoms with Crippen LogP contribution in [0, 0.1) is 21.4 Å². The largest absolute Gasteiger partial charge is 0.399 e. The fourth-order valence-electron chi connectivity index (χ4n) is 1.74. The summed E-state index contributed by atoms with van der Waals surface area (Å²) in [6, 6.07) is 12.1. The van der Waals surface area contributed by atoms with E-state index in [-0.39, 0.29) is 16.9 Å². The summed E-state index contributed by atoms with van der Waals surface area (Å²) in [6.07, 6.45) is 1.39. The minimum atomic E-state index is -0.632. The van der Waals surface area contributed by atoms with Gasteiger partial charge in [0.2, 0.25) is 0 Å². The Hall–Kier alpha value is -3.73. The van der Waals surface area contributed by atoms with E-state index in [1.807, 2.05) is 6.07 Å². The number of carbonyl (C=O) groups is 1. The highest BCUT2D eigenvalue weighted by Gasteiger charge is 2.13. The highest BCUT2D eigenvalue weighted by atomic mass is 16.6. The summed E-state index contributed by atoms with van der Waals surface area (Å²) in [6.45, 7) is 0. The van der Waals surface area contributed by atoms with Crippen LogP contribution in [-0.4, -0.2) is 17.0 Å². The lowest BCUT2D eigenvalue weighted by atomic mass is 10.1. The Balaban J connectivity index is 2.08. The Morgan fingerprint density at radius 1 is 1.30 bits per heavy atom. The number of hydrazone groups is 1. The molecule has 8 heteroatoms. The quantitative estimate of drug-likeness (QED) is 0.384. The van der Waals surface area contributed by atoms with Crippen molar-refractivity contribution in [3.63, 3.8) is 0 Å². The van der Waals surface area contributed by atoms with Crippen molar-refractivity contribution in [3.8, 4) is 6.07 Å². The molecular weight excluding hydrogens is 298 g/mol. The number of rotatable bonds is 4. The lowest BCUT2D eigenvalue weighted by Crippen LogP contribution is -2.18. The molecular formula is C15H11N5O3. The number of hydrogen-bond acceptors (Lipinski definition) is 6. The number of amides is 1. The van der Waals surface area contributed by atoms with Gasteiger partial charge in [0.1, 0.15) is 0 Å². The molecule has 2 aromatic carbocycles. The molecule has 0 heterocycles. The van der Waals surface area contributed by atoms with Crippen LogP contribution >= 0.6 is 0 Å². The molecule has 2 aromatic rings. The third-order valence-electron chi connectivity index (χ3n) is 2.83. The van der Waals surface area contributed by atoms with E-state index in [0.717, 1.165) is 12.1 Å². The topological polar surface area (TPSA) is 134 Å². The zero-order valence-corrected chi connectivity index (χ0v) is 11.8. The molecule has 0 bridgehead atoms. The van der Waals surface area contributed by atoms with Crippen LogP contribution in [0.4, 0.5) is 11.4 Å². The predicted octanol–water partition coefficient (Wildman–Crippen LogP) is 1.81. The summed E-state index contributed by atoms with van der Waals surface area (Å²) in [4.78, 5) is 22.0. The highest BCUT2D eigenvalue weighted by molar-refractivity contribution is 5.96. The first-order valence-electron chi connectivity index (χ1n) is 6.38. The Kier molecular flexibility index (Phi) is 4.64. The molecule has 0 spiro atoms. The van der Waals surface area contributed by atoms with E-state index < -0.39 is 10.8 Å². The lowest BCUT2D eigenvalue weighted by molar-refractivity contribution is -0.384. The molecule has 2 rings (SSSR count). The van der Waals surface area contributed by atoms with Gasteiger partial charge in [0, 0.05) is 17.8 Å². The summed E-state index contributed by atoms with van der Waals surface area (Å²) in [5, 5.41) is 23.2. The van der Waals surface area contributed by atoms with Crippen molar-refractivity contribution in [1.29, 1.82) is 5.26 Å². The van der Waals surface area contributed by atoms with E-state index in [2.05, 4.69) is 10.5 Å². The lowest BCUT2D eigenvalue weighted by Gasteiger charge is -2.02. The molecule has 0 aliphatic rings. The highest BCUT2D eigenvalue weighted by Crippen LogP contribution is 2.18. The van der Waals surface area contributed by atoms with Crippen molar-refractivity contribution in [2.45, 2.75) is 0 Å². The Morgan fingerprint density at radius 3 is 2.61 bits per heavy atom. The molecule has 8 nitrogen and oxygen atoms in total. The van der Waals surface area contributed by atoms with Gasteiger partial charge in [0.25, 0.3) is 11.6 Å². The molecule has 0 saturated carbocycles. The number of nitrogens with one attached hydrogen (secondary N) is 1. The van der Waals surface area contributed by atoms with Gasteiger partial charge in [0.15, 0.2) is 0 Å². The number of non-ortho nitro benzene ring substituents is 1. The summed E-state index contributed by atoms with van der Waals surface area (Å²) in [5.74, 6) is -0.620. The molecule has 0 radical (unpaired) electrons. The van der Waals surface area contributed by atoms with Crippen molar-refractivity contribution >= 4 is 23.5 Å². The molecule has 3 N–H and O–H groups in total. The fourth-order valence-corrected chi connectivity index (χ4v) is 1.74. The van der Waals surface area contributed by atoms with Gasteiger partial charge in [-0.15, -0.1) is 0 Å². The first-order valence-corrected chi connectivity index (χ1v) is 6.38. The summed E-state index contributed by atoms with van der Waals surface area (Å²) >= 11 is 0. The van der Waals surface area contributed by atoms with E-state index in [1.54, 1.807) is 24.3 Å². The van der Waals surface area contributed by atoms with Gasteiger partial charge in [-0.2, -0.15) is 10.4 Å². The third-order valence-corrected chi connectivity index (χ3v) is 2.83. The standard InChI is InChI=1S/C15H11N5O3/c16-8-10-1-3-11(4-2-10)9-18-19-15(21)12-5-13(17)7-14(6-12)20(22)23/h1-7,9H,17H2,(H,19,21)/b18-9+. The van der Waals surface area contributed by atoms with E-state index in [4.69, 9.17) is 11.0 Å². The minimum absolute atomic E-state index is 0.0358. The molecule has 0 atom stereocenters. The number of anilines is 1. The van der Waals surface area contributed by atoms with E-state index in [1.165, 1.54) is 12.3 Å². The van der Waals surface area contributed by atoms with Crippen LogP contribution in [0.25, 0.3) is 0 Å². The van der Waals surface area contributed by atoms with Crippen LogP contribution in [0.2, 0.25) is 0 Å². The maximum atomic E-state index is 11.9. The zero-order valence-electron chi connectivity index (χ0n) is 11.8. The maximum Gasteiger partial charge on any atom is 0.272 e. The maximum absolute atomic E-state index is 11.9. The van der Waals surface area contributed by atoms with Crippen molar-refractivity contribution in [1.82, 2.24) is 5.43 Å². The van der Waals surface area contributed by atoms with Crippen molar-refractivity contribution in [3.05, 3.63) is 69.3 Å². The van der Waals surface area contributed by atoms with Gasteiger partial charge < -0.3 is 5.73 Å². The smallest absolute Gasteiger partial charge is 0.272 e. The monoisotopic (exact) mass is 309 g/mol. The number of carbonyl (C=O) groups excluding carboxylic acids is 1. The molecule has 0 aliphatic carbocycles. The number of nitro benzene ring substituents is 1. The zero-order chi connectivity index (χ0) is 16.8. The molecule has 0 aliphatic heterocycles. The number of hydrogen-bond donors (Lipinski definition) is 2. The minimum Gasteiger partial charge on any atom is -0.399 e. The summed E-state index contributed by atoms with van der Waals surface area (Å²) in [5.41, 5.74) is 8.86. The molecule has 114 valence electrons. The number of nitro groups is 1. The van der Waals surface area contributed by atoms with Gasteiger partial charge in [-0.05, 0) is 23.8 Å². The Morgan fingerprint density at radius 2 is 2.00 bits per heavy atom. The number of nitrogens with two attached hydrogens (primary N) is 1. The first kappa shape index (κ1) is 15.7. The molecule has 0 saturated heterocycles. The van der Waals surface area contributed by atoms with Crippen LogP contribution in [0.1, 0.15) is 21.5 Å². The second-order valence-corrected chi connectivity index (χ2v) is 4.50. The predicted molar refractivity (Wildman–Crippen MR) is 83.7 cm³/mol. The average molecular weight is 309 g/mol. The van der Waals surface area contributed by atoms with Gasteiger partial charge in [-0.3, -0.25) is 14.9 Å². The van der Waals surface area contributed by atoms with Crippen molar-refractivity contribution in [2.24, 2.45) is 5.10 Å². The summed E-state index contributed by atoms with van der Waals surface area (Å²) in [7, 11) is 0. The van der Waals surface area contributed by atoms with E-state index in [9.17, 15) is 14.9 Å². The second kappa shape index (κ2) is 6.82. The number of benzene rings is 2. The van der Waals surface area contributed by atoms with Crippen LogP contribution < -0.4 is 11.2 Å². The SMILES string of the molecule is N#Cc1ccc(/C=N/NC(=O)c2cc(N)cc([N+](=O)[O-])c2)cc1. The number of nitriles is 1. The summed E-state index contributed by atoms with van der Waals surface area (Å²) < 4.78 is 0. The Labute approximate surface area is 131 Å². The van der Waals surface area contributed by atoms with E-state index >= 15 is 0 Å². The Bertz CT molecular complexity index is 822. The molecule has 0 unspecified atom stereocenters. The molecule has 1 amide bonds. The fraction of sp³-hybridized carbons (Fsp3) is 0. The molecule has 0 fully saturated rings.